The van der Waals surface area contributed by atoms with Crippen molar-refractivity contribution in [3.05, 3.63) is 79.4 Å². The topological polar surface area (TPSA) is 109 Å². The third kappa shape index (κ3) is 2.91. The number of fused-ring (bicyclic) bond motifs is 2. The largest absolute Gasteiger partial charge is 0.397 e. The number of nitrogen functional groups attached to an aromatic ring is 1. The van der Waals surface area contributed by atoms with Gasteiger partial charge in [0.2, 0.25) is 0 Å². The normalized spacial score (nSPS) is 11.4. The van der Waals surface area contributed by atoms with Crippen LogP contribution in [0, 0.1) is 0 Å². The van der Waals surface area contributed by atoms with Gasteiger partial charge in [-0.1, -0.05) is 18.2 Å². The molecule has 0 atom stereocenters. The van der Waals surface area contributed by atoms with Gasteiger partial charge in [-0.15, -0.1) is 0 Å². The lowest BCUT2D eigenvalue weighted by atomic mass is 10.1. The second kappa shape index (κ2) is 6.77. The molecule has 4 N–H and O–H groups in total. The molecule has 5 heterocycles. The minimum atomic E-state index is 0.601. The van der Waals surface area contributed by atoms with Gasteiger partial charge in [-0.3, -0.25) is 20.1 Å². The molecule has 31 heavy (non-hydrogen) atoms. The summed E-state index contributed by atoms with van der Waals surface area (Å²) in [6.07, 6.45) is 6.97. The maximum atomic E-state index is 5.90. The van der Waals surface area contributed by atoms with Crippen LogP contribution in [-0.2, 0) is 0 Å². The summed E-state index contributed by atoms with van der Waals surface area (Å²) in [5.41, 5.74) is 13.8. The molecule has 1 aromatic carbocycles. The molecule has 6 aromatic rings. The number of aromatic nitrogens is 6. The molecule has 0 saturated heterocycles. The Labute approximate surface area is 177 Å². The molecule has 148 valence electrons. The minimum Gasteiger partial charge on any atom is -0.397 e. The number of benzene rings is 1. The summed E-state index contributed by atoms with van der Waals surface area (Å²) in [5.74, 6) is 0. The number of nitrogens with zero attached hydrogens (tertiary/aromatic N) is 4. The van der Waals surface area contributed by atoms with E-state index in [1.54, 1.807) is 18.6 Å². The second-order valence-corrected chi connectivity index (χ2v) is 7.36. The molecular weight excluding hydrogens is 386 g/mol. The summed E-state index contributed by atoms with van der Waals surface area (Å²) >= 11 is 0. The average molecular weight is 403 g/mol. The number of nitrogens with two attached hydrogens (primary N) is 1. The molecule has 0 unspecified atom stereocenters. The summed E-state index contributed by atoms with van der Waals surface area (Å²) in [6, 6.07) is 18.1. The highest BCUT2D eigenvalue weighted by atomic mass is 15.1. The van der Waals surface area contributed by atoms with E-state index in [9.17, 15) is 0 Å². The fourth-order valence-corrected chi connectivity index (χ4v) is 3.91. The SMILES string of the molecule is Nc1cncc(-c2cc3c(-c4cc5c(-c6ccccn6)cccc5[nH]4)n[nH]c3cn2)c1. The minimum absolute atomic E-state index is 0.601. The zero-order valence-corrected chi connectivity index (χ0v) is 16.4. The highest BCUT2D eigenvalue weighted by Gasteiger charge is 2.15. The molecule has 7 heteroatoms. The predicted molar refractivity (Wildman–Crippen MR) is 122 cm³/mol. The number of hydrogen-bond acceptors (Lipinski definition) is 5. The van der Waals surface area contributed by atoms with E-state index in [4.69, 9.17) is 5.73 Å². The van der Waals surface area contributed by atoms with Crippen LogP contribution in [-0.4, -0.2) is 30.1 Å². The van der Waals surface area contributed by atoms with Crippen LogP contribution in [0.15, 0.2) is 79.4 Å². The molecule has 0 bridgehead atoms. The van der Waals surface area contributed by atoms with Crippen molar-refractivity contribution in [1.82, 2.24) is 30.1 Å². The summed E-state index contributed by atoms with van der Waals surface area (Å²) in [6.45, 7) is 0. The van der Waals surface area contributed by atoms with Crippen molar-refractivity contribution in [2.24, 2.45) is 0 Å². The van der Waals surface area contributed by atoms with Crippen LogP contribution in [0.2, 0.25) is 0 Å². The van der Waals surface area contributed by atoms with Crippen LogP contribution in [0.1, 0.15) is 0 Å². The summed E-state index contributed by atoms with van der Waals surface area (Å²) < 4.78 is 0. The first kappa shape index (κ1) is 17.3. The molecule has 5 aromatic heterocycles. The smallest absolute Gasteiger partial charge is 0.116 e. The van der Waals surface area contributed by atoms with Crippen molar-refractivity contribution in [2.45, 2.75) is 0 Å². The lowest BCUT2D eigenvalue weighted by Gasteiger charge is -2.02. The Bertz CT molecular complexity index is 1550. The van der Waals surface area contributed by atoms with Gasteiger partial charge in [0, 0.05) is 46.0 Å². The van der Waals surface area contributed by atoms with E-state index in [-0.39, 0.29) is 0 Å². The first-order valence-corrected chi connectivity index (χ1v) is 9.85. The van der Waals surface area contributed by atoms with E-state index < -0.39 is 0 Å². The molecule has 6 rings (SSSR count). The van der Waals surface area contributed by atoms with Crippen LogP contribution >= 0.6 is 0 Å². The summed E-state index contributed by atoms with van der Waals surface area (Å²) in [4.78, 5) is 16.7. The Kier molecular flexibility index (Phi) is 3.79. The molecule has 0 fully saturated rings. The van der Waals surface area contributed by atoms with E-state index in [0.717, 1.165) is 55.7 Å². The van der Waals surface area contributed by atoms with Gasteiger partial charge in [0.25, 0.3) is 0 Å². The number of H-pyrrole nitrogens is 2. The van der Waals surface area contributed by atoms with E-state index in [1.165, 1.54) is 0 Å². The van der Waals surface area contributed by atoms with Crippen molar-refractivity contribution in [3.63, 3.8) is 0 Å². The Morgan fingerprint density at radius 1 is 0.774 bits per heavy atom. The van der Waals surface area contributed by atoms with E-state index in [0.29, 0.717) is 5.69 Å². The summed E-state index contributed by atoms with van der Waals surface area (Å²) in [5, 5.41) is 9.72. The number of anilines is 1. The molecule has 0 amide bonds. The first-order chi connectivity index (χ1) is 15.3. The van der Waals surface area contributed by atoms with Gasteiger partial charge in [-0.25, -0.2) is 0 Å². The molecular formula is C24H17N7. The molecule has 0 aliphatic rings. The van der Waals surface area contributed by atoms with Crippen molar-refractivity contribution >= 4 is 27.5 Å². The molecule has 0 radical (unpaired) electrons. The third-order valence-corrected chi connectivity index (χ3v) is 5.36. The lowest BCUT2D eigenvalue weighted by molar-refractivity contribution is 1.11. The maximum absolute atomic E-state index is 5.90. The van der Waals surface area contributed by atoms with E-state index >= 15 is 0 Å². The zero-order valence-electron chi connectivity index (χ0n) is 16.4. The highest BCUT2D eigenvalue weighted by Crippen LogP contribution is 2.34. The highest BCUT2D eigenvalue weighted by molar-refractivity contribution is 6.01. The van der Waals surface area contributed by atoms with Crippen molar-refractivity contribution in [3.8, 4) is 33.9 Å². The van der Waals surface area contributed by atoms with Crippen LogP contribution in [0.5, 0.6) is 0 Å². The zero-order chi connectivity index (χ0) is 20.8. The van der Waals surface area contributed by atoms with Crippen molar-refractivity contribution in [2.75, 3.05) is 5.73 Å². The predicted octanol–water partition coefficient (Wildman–Crippen LogP) is 4.81. The van der Waals surface area contributed by atoms with Crippen molar-refractivity contribution < 1.29 is 0 Å². The van der Waals surface area contributed by atoms with Crippen molar-refractivity contribution in [1.29, 1.82) is 0 Å². The van der Waals surface area contributed by atoms with Crippen LogP contribution in [0.3, 0.4) is 0 Å². The number of nitrogens with one attached hydrogen (secondary N) is 2. The standard InChI is InChI=1S/C24H17N7/c25-15-8-14(11-26-12-15)21-10-18-23(13-28-21)30-31-24(18)22-9-17-16(4-3-6-20(17)29-22)19-5-1-2-7-27-19/h1-13,29H,25H2,(H,30,31). The average Bonchev–Trinajstić information content (AvgIpc) is 3.43. The van der Waals surface area contributed by atoms with Gasteiger partial charge in [0.1, 0.15) is 5.69 Å². The first-order valence-electron chi connectivity index (χ1n) is 9.85. The number of aromatic amines is 2. The second-order valence-electron chi connectivity index (χ2n) is 7.36. The van der Waals surface area contributed by atoms with Gasteiger partial charge >= 0.3 is 0 Å². The third-order valence-electron chi connectivity index (χ3n) is 5.36. The Morgan fingerprint density at radius 3 is 2.61 bits per heavy atom. The van der Waals surface area contributed by atoms with Crippen LogP contribution in [0.25, 0.3) is 55.7 Å². The van der Waals surface area contributed by atoms with E-state index in [1.807, 2.05) is 42.6 Å². The van der Waals surface area contributed by atoms with Gasteiger partial charge in [0.05, 0.1) is 34.5 Å². The number of hydrogen-bond donors (Lipinski definition) is 3. The van der Waals surface area contributed by atoms with Gasteiger partial charge < -0.3 is 10.7 Å². The Balaban J connectivity index is 1.51. The fraction of sp³-hybridized carbons (Fsp3) is 0. The molecule has 0 aliphatic heterocycles. The van der Waals surface area contributed by atoms with E-state index in [2.05, 4.69) is 48.3 Å². The molecule has 7 nitrogen and oxygen atoms in total. The quantitative estimate of drug-likeness (QED) is 0.393. The summed E-state index contributed by atoms with van der Waals surface area (Å²) in [7, 11) is 0. The molecule has 0 saturated carbocycles. The van der Waals surface area contributed by atoms with Gasteiger partial charge in [-0.05, 0) is 36.4 Å². The van der Waals surface area contributed by atoms with Gasteiger partial charge in [-0.2, -0.15) is 5.10 Å². The number of rotatable bonds is 3. The Hall–Kier alpha value is -4.52. The fourth-order valence-electron chi connectivity index (χ4n) is 3.91. The monoisotopic (exact) mass is 403 g/mol. The number of pyridine rings is 3. The maximum Gasteiger partial charge on any atom is 0.116 e. The van der Waals surface area contributed by atoms with Gasteiger partial charge in [0.15, 0.2) is 0 Å². The van der Waals surface area contributed by atoms with Crippen LogP contribution in [0.4, 0.5) is 5.69 Å². The Morgan fingerprint density at radius 2 is 1.74 bits per heavy atom. The lowest BCUT2D eigenvalue weighted by Crippen LogP contribution is -1.89. The molecule has 0 spiro atoms. The molecule has 0 aliphatic carbocycles. The van der Waals surface area contributed by atoms with Crippen LogP contribution < -0.4 is 5.73 Å².